The maximum absolute atomic E-state index is 12.8. The summed E-state index contributed by atoms with van der Waals surface area (Å²) in [5.74, 6) is -1.50. The molecule has 1 aromatic heterocycles. The number of aromatic nitrogens is 1. The number of carbonyl (C=O) groups excluding carboxylic acids is 2. The van der Waals surface area contributed by atoms with Gasteiger partial charge in [-0.2, -0.15) is 0 Å². The number of carbonyl (C=O) groups is 2. The molecule has 6 heteroatoms. The minimum absolute atomic E-state index is 0.131. The van der Waals surface area contributed by atoms with Gasteiger partial charge in [0.2, 0.25) is 5.43 Å². The molecule has 0 saturated heterocycles. The predicted molar refractivity (Wildman–Crippen MR) is 93.4 cm³/mol. The third-order valence-corrected chi connectivity index (χ3v) is 3.82. The molecule has 0 aliphatic heterocycles. The van der Waals surface area contributed by atoms with Crippen molar-refractivity contribution in [1.29, 1.82) is 0 Å². The van der Waals surface area contributed by atoms with Gasteiger partial charge in [0.1, 0.15) is 11.1 Å². The molecule has 0 spiro atoms. The average Bonchev–Trinajstić information content (AvgIpc) is 2.56. The van der Waals surface area contributed by atoms with Crippen LogP contribution in [0, 0.1) is 13.8 Å². The largest absolute Gasteiger partial charge is 0.462 e. The Kier molecular flexibility index (Phi) is 5.75. The molecule has 2 aromatic rings. The van der Waals surface area contributed by atoms with Crippen LogP contribution in [0.5, 0.6) is 0 Å². The third kappa shape index (κ3) is 3.47. The van der Waals surface area contributed by atoms with Crippen LogP contribution in [0.2, 0.25) is 0 Å². The van der Waals surface area contributed by atoms with Gasteiger partial charge in [-0.15, -0.1) is 0 Å². The summed E-state index contributed by atoms with van der Waals surface area (Å²) >= 11 is 0. The number of para-hydroxylation sites is 1. The second kappa shape index (κ2) is 7.79. The van der Waals surface area contributed by atoms with Crippen LogP contribution in [0.3, 0.4) is 0 Å². The smallest absolute Gasteiger partial charge is 0.343 e. The highest BCUT2D eigenvalue weighted by Crippen LogP contribution is 2.19. The van der Waals surface area contributed by atoms with Crippen molar-refractivity contribution in [2.45, 2.75) is 27.7 Å². The standard InChI is InChI=1S/C19H21NO5/c1-5-24-18(22)15-12(3)20(14-10-8-7-9-11-14)13(4)16(17(15)21)19(23)25-6-2/h7-11H,5-6H2,1-4H3. The molecule has 25 heavy (non-hydrogen) atoms. The molecule has 0 atom stereocenters. The summed E-state index contributed by atoms with van der Waals surface area (Å²) in [6, 6.07) is 9.18. The lowest BCUT2D eigenvalue weighted by atomic mass is 10.0. The van der Waals surface area contributed by atoms with E-state index in [0.29, 0.717) is 11.4 Å². The summed E-state index contributed by atoms with van der Waals surface area (Å²) < 4.78 is 11.7. The minimum Gasteiger partial charge on any atom is -0.462 e. The van der Waals surface area contributed by atoms with Crippen LogP contribution in [0.25, 0.3) is 5.69 Å². The van der Waals surface area contributed by atoms with Gasteiger partial charge in [0.15, 0.2) is 0 Å². The first-order valence-corrected chi connectivity index (χ1v) is 8.09. The first-order chi connectivity index (χ1) is 11.9. The Morgan fingerprint density at radius 1 is 0.880 bits per heavy atom. The molecule has 132 valence electrons. The molecule has 0 amide bonds. The number of rotatable bonds is 5. The highest BCUT2D eigenvalue weighted by Gasteiger charge is 2.27. The van der Waals surface area contributed by atoms with Gasteiger partial charge in [0.25, 0.3) is 0 Å². The molecule has 0 aliphatic carbocycles. The highest BCUT2D eigenvalue weighted by molar-refractivity contribution is 5.96. The lowest BCUT2D eigenvalue weighted by Crippen LogP contribution is -2.31. The van der Waals surface area contributed by atoms with Gasteiger partial charge in [-0.3, -0.25) is 4.79 Å². The van der Waals surface area contributed by atoms with Crippen molar-refractivity contribution in [2.24, 2.45) is 0 Å². The SMILES string of the molecule is CCOC(=O)c1c(C)n(-c2ccccc2)c(C)c(C(=O)OCC)c1=O. The van der Waals surface area contributed by atoms with Crippen LogP contribution < -0.4 is 5.43 Å². The minimum atomic E-state index is -0.750. The van der Waals surface area contributed by atoms with Crippen molar-refractivity contribution in [3.8, 4) is 5.69 Å². The number of pyridine rings is 1. The number of ether oxygens (including phenoxy) is 2. The molecule has 0 bridgehead atoms. The molecule has 0 unspecified atom stereocenters. The molecule has 2 rings (SSSR count). The quantitative estimate of drug-likeness (QED) is 0.781. The van der Waals surface area contributed by atoms with E-state index in [2.05, 4.69) is 0 Å². The van der Waals surface area contributed by atoms with E-state index in [-0.39, 0.29) is 24.3 Å². The van der Waals surface area contributed by atoms with Gasteiger partial charge in [0.05, 0.1) is 13.2 Å². The van der Waals surface area contributed by atoms with Gasteiger partial charge in [-0.25, -0.2) is 9.59 Å². The summed E-state index contributed by atoms with van der Waals surface area (Å²) in [5.41, 5.74) is 0.590. The van der Waals surface area contributed by atoms with E-state index in [1.54, 1.807) is 32.3 Å². The molecule has 0 radical (unpaired) electrons. The first-order valence-electron chi connectivity index (χ1n) is 8.09. The molecule has 0 saturated carbocycles. The fraction of sp³-hybridized carbons (Fsp3) is 0.316. The van der Waals surface area contributed by atoms with Gasteiger partial charge in [-0.05, 0) is 39.8 Å². The van der Waals surface area contributed by atoms with E-state index in [1.807, 2.05) is 30.3 Å². The zero-order valence-electron chi connectivity index (χ0n) is 14.8. The summed E-state index contributed by atoms with van der Waals surface area (Å²) in [7, 11) is 0. The Hall–Kier alpha value is -2.89. The normalized spacial score (nSPS) is 10.4. The number of benzene rings is 1. The highest BCUT2D eigenvalue weighted by atomic mass is 16.5. The van der Waals surface area contributed by atoms with Crippen LogP contribution in [-0.4, -0.2) is 29.7 Å². The van der Waals surface area contributed by atoms with E-state index < -0.39 is 17.4 Å². The van der Waals surface area contributed by atoms with Gasteiger partial charge in [-0.1, -0.05) is 18.2 Å². The van der Waals surface area contributed by atoms with Crippen molar-refractivity contribution < 1.29 is 19.1 Å². The lowest BCUT2D eigenvalue weighted by Gasteiger charge is -2.19. The summed E-state index contributed by atoms with van der Waals surface area (Å²) in [4.78, 5) is 37.5. The predicted octanol–water partition coefficient (Wildman–Crippen LogP) is 2.81. The van der Waals surface area contributed by atoms with Crippen LogP contribution in [0.4, 0.5) is 0 Å². The number of hydrogen-bond acceptors (Lipinski definition) is 5. The fourth-order valence-corrected chi connectivity index (χ4v) is 2.78. The van der Waals surface area contributed by atoms with Crippen LogP contribution in [0.1, 0.15) is 46.0 Å². The van der Waals surface area contributed by atoms with E-state index in [0.717, 1.165) is 5.69 Å². The zero-order valence-corrected chi connectivity index (χ0v) is 14.8. The van der Waals surface area contributed by atoms with E-state index in [9.17, 15) is 14.4 Å². The number of nitrogens with zero attached hydrogens (tertiary/aromatic N) is 1. The molecule has 0 aliphatic rings. The lowest BCUT2D eigenvalue weighted by molar-refractivity contribution is 0.0519. The van der Waals surface area contributed by atoms with Crippen molar-refractivity contribution in [3.63, 3.8) is 0 Å². The van der Waals surface area contributed by atoms with Crippen molar-refractivity contribution in [3.05, 3.63) is 63.1 Å². The molecule has 0 fully saturated rings. The van der Waals surface area contributed by atoms with Crippen LogP contribution in [0.15, 0.2) is 35.1 Å². The summed E-state index contributed by atoms with van der Waals surface area (Å²) in [6.07, 6.45) is 0. The topological polar surface area (TPSA) is 74.6 Å². The Bertz CT molecular complexity index is 804. The van der Waals surface area contributed by atoms with E-state index >= 15 is 0 Å². The average molecular weight is 343 g/mol. The third-order valence-electron chi connectivity index (χ3n) is 3.82. The van der Waals surface area contributed by atoms with Crippen LogP contribution >= 0.6 is 0 Å². The van der Waals surface area contributed by atoms with Crippen molar-refractivity contribution >= 4 is 11.9 Å². The van der Waals surface area contributed by atoms with Gasteiger partial charge in [0, 0.05) is 17.1 Å². The number of esters is 2. The van der Waals surface area contributed by atoms with Gasteiger partial charge < -0.3 is 14.0 Å². The fourth-order valence-electron chi connectivity index (χ4n) is 2.78. The molecule has 6 nitrogen and oxygen atoms in total. The Morgan fingerprint density at radius 3 is 1.72 bits per heavy atom. The van der Waals surface area contributed by atoms with Gasteiger partial charge >= 0.3 is 11.9 Å². The van der Waals surface area contributed by atoms with Crippen molar-refractivity contribution in [2.75, 3.05) is 13.2 Å². The van der Waals surface area contributed by atoms with Crippen LogP contribution in [-0.2, 0) is 9.47 Å². The molecular weight excluding hydrogens is 322 g/mol. The zero-order chi connectivity index (χ0) is 18.6. The molecule has 1 aromatic carbocycles. The maximum Gasteiger partial charge on any atom is 0.343 e. The van der Waals surface area contributed by atoms with E-state index in [4.69, 9.17) is 9.47 Å². The Balaban J connectivity index is 2.86. The molecule has 0 N–H and O–H groups in total. The second-order valence-corrected chi connectivity index (χ2v) is 5.36. The summed E-state index contributed by atoms with van der Waals surface area (Å²) in [6.45, 7) is 6.88. The first kappa shape index (κ1) is 18.4. The monoisotopic (exact) mass is 343 g/mol. The Labute approximate surface area is 146 Å². The second-order valence-electron chi connectivity index (χ2n) is 5.36. The number of hydrogen-bond donors (Lipinski definition) is 0. The molecular formula is C19H21NO5. The molecule has 1 heterocycles. The van der Waals surface area contributed by atoms with E-state index in [1.165, 1.54) is 0 Å². The Morgan fingerprint density at radius 2 is 1.32 bits per heavy atom. The maximum atomic E-state index is 12.8. The summed E-state index contributed by atoms with van der Waals surface area (Å²) in [5, 5.41) is 0. The van der Waals surface area contributed by atoms with Crippen molar-refractivity contribution in [1.82, 2.24) is 4.57 Å².